The summed E-state index contributed by atoms with van der Waals surface area (Å²) in [6.45, 7) is 8.45. The molecule has 0 bridgehead atoms. The van der Waals surface area contributed by atoms with Crippen molar-refractivity contribution in [3.63, 3.8) is 0 Å². The summed E-state index contributed by atoms with van der Waals surface area (Å²) in [6, 6.07) is 9.79. The summed E-state index contributed by atoms with van der Waals surface area (Å²) in [5.41, 5.74) is 8.73. The Morgan fingerprint density at radius 3 is 2.48 bits per heavy atom. The SMILES string of the molecule is Cc1ccc(-c2cc(C(=O)NC(C)(CN)C(C)C)[nH]n2)cc1.Cl. The molecule has 0 saturated carbocycles. The first-order chi connectivity index (χ1) is 10.4. The maximum atomic E-state index is 12.4. The number of rotatable bonds is 5. The molecule has 1 aromatic carbocycles. The number of amides is 1. The lowest BCUT2D eigenvalue weighted by Gasteiger charge is -2.33. The van der Waals surface area contributed by atoms with Crippen LogP contribution in [-0.4, -0.2) is 28.2 Å². The molecule has 0 aliphatic carbocycles. The first-order valence-corrected chi connectivity index (χ1v) is 7.51. The van der Waals surface area contributed by atoms with Gasteiger partial charge in [0.25, 0.3) is 5.91 Å². The summed E-state index contributed by atoms with van der Waals surface area (Å²) < 4.78 is 0. The van der Waals surface area contributed by atoms with Crippen molar-refractivity contribution in [1.29, 1.82) is 0 Å². The van der Waals surface area contributed by atoms with Crippen LogP contribution in [0.1, 0.15) is 36.8 Å². The largest absolute Gasteiger partial charge is 0.344 e. The van der Waals surface area contributed by atoms with Crippen LogP contribution in [0.3, 0.4) is 0 Å². The Hall–Kier alpha value is -1.85. The van der Waals surface area contributed by atoms with Crippen molar-refractivity contribution in [2.45, 2.75) is 33.2 Å². The number of aromatic amines is 1. The highest BCUT2D eigenvalue weighted by Crippen LogP contribution is 2.19. The van der Waals surface area contributed by atoms with Gasteiger partial charge in [0.15, 0.2) is 0 Å². The first-order valence-electron chi connectivity index (χ1n) is 7.51. The Morgan fingerprint density at radius 2 is 1.96 bits per heavy atom. The van der Waals surface area contributed by atoms with Gasteiger partial charge in [-0.2, -0.15) is 5.10 Å². The number of aromatic nitrogens is 2. The fourth-order valence-corrected chi connectivity index (χ4v) is 2.07. The number of benzene rings is 1. The molecule has 0 aliphatic heterocycles. The number of nitrogens with one attached hydrogen (secondary N) is 2. The first kappa shape index (κ1) is 19.2. The van der Waals surface area contributed by atoms with E-state index in [1.54, 1.807) is 6.07 Å². The lowest BCUT2D eigenvalue weighted by Crippen LogP contribution is -2.55. The molecule has 0 spiro atoms. The fourth-order valence-electron chi connectivity index (χ4n) is 2.07. The van der Waals surface area contributed by atoms with E-state index in [2.05, 4.69) is 15.5 Å². The van der Waals surface area contributed by atoms with E-state index >= 15 is 0 Å². The lowest BCUT2D eigenvalue weighted by molar-refractivity contribution is 0.0878. The van der Waals surface area contributed by atoms with Crippen LogP contribution >= 0.6 is 12.4 Å². The second-order valence-corrected chi connectivity index (χ2v) is 6.26. The quantitative estimate of drug-likeness (QED) is 0.785. The highest BCUT2D eigenvalue weighted by molar-refractivity contribution is 5.93. The summed E-state index contributed by atoms with van der Waals surface area (Å²) in [5, 5.41) is 10.0. The van der Waals surface area contributed by atoms with E-state index in [0.29, 0.717) is 12.2 Å². The summed E-state index contributed by atoms with van der Waals surface area (Å²) in [6.07, 6.45) is 0. The molecule has 2 rings (SSSR count). The third kappa shape index (κ3) is 4.33. The number of carbonyl (C=O) groups is 1. The maximum absolute atomic E-state index is 12.4. The Bertz CT molecular complexity index is 651. The van der Waals surface area contributed by atoms with Crippen LogP contribution in [0, 0.1) is 12.8 Å². The molecule has 1 amide bonds. The summed E-state index contributed by atoms with van der Waals surface area (Å²) in [5.74, 6) is 0.0495. The maximum Gasteiger partial charge on any atom is 0.269 e. The zero-order valence-electron chi connectivity index (χ0n) is 14.0. The number of nitrogens with zero attached hydrogens (tertiary/aromatic N) is 1. The summed E-state index contributed by atoms with van der Waals surface area (Å²) in [4.78, 5) is 12.4. The highest BCUT2D eigenvalue weighted by atomic mass is 35.5. The molecule has 23 heavy (non-hydrogen) atoms. The van der Waals surface area contributed by atoms with E-state index in [4.69, 9.17) is 5.73 Å². The molecule has 1 heterocycles. The van der Waals surface area contributed by atoms with Gasteiger partial charge in [-0.15, -0.1) is 12.4 Å². The second kappa shape index (κ2) is 7.62. The van der Waals surface area contributed by atoms with Gasteiger partial charge >= 0.3 is 0 Å². The molecule has 0 radical (unpaired) electrons. The molecule has 4 N–H and O–H groups in total. The highest BCUT2D eigenvalue weighted by Gasteiger charge is 2.29. The number of hydrogen-bond acceptors (Lipinski definition) is 3. The van der Waals surface area contributed by atoms with Gasteiger partial charge in [-0.3, -0.25) is 9.89 Å². The van der Waals surface area contributed by atoms with Crippen LogP contribution in [0.25, 0.3) is 11.3 Å². The minimum Gasteiger partial charge on any atom is -0.344 e. The van der Waals surface area contributed by atoms with Crippen molar-refractivity contribution in [2.75, 3.05) is 6.54 Å². The van der Waals surface area contributed by atoms with Crippen molar-refractivity contribution in [3.8, 4) is 11.3 Å². The molecule has 1 atom stereocenters. The Kier molecular flexibility index (Phi) is 6.36. The average molecular weight is 337 g/mol. The van der Waals surface area contributed by atoms with E-state index < -0.39 is 5.54 Å². The third-order valence-corrected chi connectivity index (χ3v) is 4.27. The minimum absolute atomic E-state index is 0. The third-order valence-electron chi connectivity index (χ3n) is 4.27. The zero-order valence-corrected chi connectivity index (χ0v) is 14.8. The topological polar surface area (TPSA) is 83.8 Å². The van der Waals surface area contributed by atoms with E-state index in [0.717, 1.165) is 11.3 Å². The number of halogens is 1. The van der Waals surface area contributed by atoms with Crippen LogP contribution in [0.5, 0.6) is 0 Å². The van der Waals surface area contributed by atoms with Gasteiger partial charge in [-0.1, -0.05) is 43.7 Å². The van der Waals surface area contributed by atoms with E-state index in [1.165, 1.54) is 5.56 Å². The second-order valence-electron chi connectivity index (χ2n) is 6.26. The zero-order chi connectivity index (χ0) is 16.3. The normalized spacial score (nSPS) is 13.3. The average Bonchev–Trinajstić information content (AvgIpc) is 2.97. The van der Waals surface area contributed by atoms with Gasteiger partial charge in [-0.25, -0.2) is 0 Å². The van der Waals surface area contributed by atoms with Crippen molar-refractivity contribution in [3.05, 3.63) is 41.6 Å². The molecule has 5 nitrogen and oxygen atoms in total. The predicted molar refractivity (Wildman–Crippen MR) is 95.8 cm³/mol. The molecule has 1 unspecified atom stereocenters. The van der Waals surface area contributed by atoms with Crippen LogP contribution in [-0.2, 0) is 0 Å². The van der Waals surface area contributed by atoms with Crippen LogP contribution < -0.4 is 11.1 Å². The van der Waals surface area contributed by atoms with Crippen LogP contribution in [0.2, 0.25) is 0 Å². The van der Waals surface area contributed by atoms with Crippen molar-refractivity contribution in [1.82, 2.24) is 15.5 Å². The Balaban J connectivity index is 0.00000264. The summed E-state index contributed by atoms with van der Waals surface area (Å²) >= 11 is 0. The number of aryl methyl sites for hydroxylation is 1. The van der Waals surface area contributed by atoms with Gasteiger partial charge in [0.2, 0.25) is 0 Å². The smallest absolute Gasteiger partial charge is 0.269 e. The number of carbonyl (C=O) groups excluding carboxylic acids is 1. The van der Waals surface area contributed by atoms with E-state index in [1.807, 2.05) is 52.0 Å². The summed E-state index contributed by atoms with van der Waals surface area (Å²) in [7, 11) is 0. The molecule has 0 fully saturated rings. The Morgan fingerprint density at radius 1 is 1.35 bits per heavy atom. The molecule has 0 saturated heterocycles. The van der Waals surface area contributed by atoms with Crippen molar-refractivity contribution in [2.24, 2.45) is 11.7 Å². The Labute approximate surface area is 143 Å². The monoisotopic (exact) mass is 336 g/mol. The number of nitrogens with two attached hydrogens (primary N) is 1. The molecular formula is C17H25ClN4O. The minimum atomic E-state index is -0.438. The molecule has 2 aromatic rings. The van der Waals surface area contributed by atoms with Crippen molar-refractivity contribution >= 4 is 18.3 Å². The van der Waals surface area contributed by atoms with E-state index in [-0.39, 0.29) is 24.2 Å². The van der Waals surface area contributed by atoms with Gasteiger partial charge < -0.3 is 11.1 Å². The van der Waals surface area contributed by atoms with Gasteiger partial charge in [0.1, 0.15) is 5.69 Å². The molecule has 1 aromatic heterocycles. The molecule has 0 aliphatic rings. The number of hydrogen-bond donors (Lipinski definition) is 3. The molecular weight excluding hydrogens is 312 g/mol. The molecule has 126 valence electrons. The van der Waals surface area contributed by atoms with Gasteiger partial charge in [0, 0.05) is 12.1 Å². The van der Waals surface area contributed by atoms with Gasteiger partial charge in [-0.05, 0) is 25.8 Å². The van der Waals surface area contributed by atoms with Crippen LogP contribution in [0.15, 0.2) is 30.3 Å². The van der Waals surface area contributed by atoms with Crippen molar-refractivity contribution < 1.29 is 4.79 Å². The van der Waals surface area contributed by atoms with Gasteiger partial charge in [0.05, 0.1) is 11.2 Å². The fraction of sp³-hybridized carbons (Fsp3) is 0.412. The predicted octanol–water partition coefficient (Wildman–Crippen LogP) is 2.91. The number of H-pyrrole nitrogens is 1. The van der Waals surface area contributed by atoms with Crippen LogP contribution in [0.4, 0.5) is 0 Å². The lowest BCUT2D eigenvalue weighted by atomic mass is 9.88. The standard InChI is InChI=1S/C17H24N4O.ClH/c1-11(2)17(4,10-18)19-16(22)15-9-14(20-21-15)13-7-5-12(3)6-8-13;/h5-9,11H,10,18H2,1-4H3,(H,19,22)(H,20,21);1H. The molecule has 6 heteroatoms. The van der Waals surface area contributed by atoms with E-state index in [9.17, 15) is 4.79 Å².